The molecule has 8 nitrogen and oxygen atoms in total. The Morgan fingerprint density at radius 3 is 2.36 bits per heavy atom. The average molecular weight is 377 g/mol. The second kappa shape index (κ2) is 10.6. The Balaban J connectivity index is 2.64. The van der Waals surface area contributed by atoms with E-state index in [4.69, 9.17) is 18.9 Å². The summed E-state index contributed by atoms with van der Waals surface area (Å²) in [6.07, 6.45) is -0.992. The van der Waals surface area contributed by atoms with Crippen LogP contribution in [-0.4, -0.2) is 78.3 Å². The number of benzene rings is 1. The zero-order chi connectivity index (χ0) is 18.9. The zero-order valence-corrected chi connectivity index (χ0v) is 15.9. The number of aliphatic hydroxyl groups excluding tert-OH is 1. The second-order valence-corrected chi connectivity index (χ2v) is 7.53. The van der Waals surface area contributed by atoms with Crippen LogP contribution in [0.1, 0.15) is 11.7 Å². The molecular formula is C16H27NO7S. The molecule has 1 rings (SSSR count). The summed E-state index contributed by atoms with van der Waals surface area (Å²) in [4.78, 5) is 0. The third-order valence-corrected chi connectivity index (χ3v) is 5.40. The lowest BCUT2D eigenvalue weighted by molar-refractivity contribution is 0.0780. The zero-order valence-electron chi connectivity index (χ0n) is 15.1. The fraction of sp³-hybridized carbons (Fsp3) is 0.625. The maximum atomic E-state index is 12.2. The molecule has 0 aromatic heterocycles. The first-order valence-electron chi connectivity index (χ1n) is 7.76. The van der Waals surface area contributed by atoms with Crippen molar-refractivity contribution in [1.29, 1.82) is 0 Å². The third-order valence-electron chi connectivity index (χ3n) is 3.61. The van der Waals surface area contributed by atoms with Gasteiger partial charge in [-0.15, -0.1) is 0 Å². The van der Waals surface area contributed by atoms with Gasteiger partial charge in [0.1, 0.15) is 0 Å². The lowest BCUT2D eigenvalue weighted by atomic mass is 10.1. The van der Waals surface area contributed by atoms with Gasteiger partial charge in [-0.05, 0) is 17.7 Å². The van der Waals surface area contributed by atoms with Crippen molar-refractivity contribution in [2.75, 3.05) is 60.5 Å². The first-order chi connectivity index (χ1) is 11.9. The summed E-state index contributed by atoms with van der Waals surface area (Å²) in [5.41, 5.74) is 0.538. The van der Waals surface area contributed by atoms with E-state index in [-0.39, 0.29) is 18.9 Å². The minimum atomic E-state index is -3.53. The van der Waals surface area contributed by atoms with Crippen molar-refractivity contribution in [2.24, 2.45) is 0 Å². The van der Waals surface area contributed by atoms with E-state index in [1.807, 2.05) is 0 Å². The van der Waals surface area contributed by atoms with Crippen molar-refractivity contribution in [3.05, 3.63) is 23.8 Å². The van der Waals surface area contributed by atoms with E-state index in [1.165, 1.54) is 21.3 Å². The highest BCUT2D eigenvalue weighted by Gasteiger charge is 2.22. The Hall–Kier alpha value is -1.39. The lowest BCUT2D eigenvalue weighted by Gasteiger charge is -2.21. The minimum absolute atomic E-state index is 0.0719. The van der Waals surface area contributed by atoms with Gasteiger partial charge in [0.15, 0.2) is 11.5 Å². The SMILES string of the molecule is COCCOCCS(=O)(=O)N(C)CC(O)c1ccc(OC)c(OC)c1. The van der Waals surface area contributed by atoms with Gasteiger partial charge in [-0.3, -0.25) is 0 Å². The van der Waals surface area contributed by atoms with E-state index in [1.54, 1.807) is 25.3 Å². The largest absolute Gasteiger partial charge is 0.493 e. The van der Waals surface area contributed by atoms with E-state index in [0.717, 1.165) is 4.31 Å². The highest BCUT2D eigenvalue weighted by Crippen LogP contribution is 2.30. The monoisotopic (exact) mass is 377 g/mol. The lowest BCUT2D eigenvalue weighted by Crippen LogP contribution is -2.34. The molecule has 0 bridgehead atoms. The van der Waals surface area contributed by atoms with Gasteiger partial charge in [0.05, 0.1) is 45.9 Å². The van der Waals surface area contributed by atoms with Crippen molar-refractivity contribution >= 4 is 10.0 Å². The maximum absolute atomic E-state index is 12.2. The van der Waals surface area contributed by atoms with E-state index in [2.05, 4.69) is 0 Å². The van der Waals surface area contributed by atoms with Gasteiger partial charge in [0, 0.05) is 20.7 Å². The van der Waals surface area contributed by atoms with Gasteiger partial charge in [0.2, 0.25) is 10.0 Å². The predicted molar refractivity (Wildman–Crippen MR) is 93.6 cm³/mol. The minimum Gasteiger partial charge on any atom is -0.493 e. The number of aliphatic hydroxyl groups is 1. The molecule has 0 fully saturated rings. The summed E-state index contributed by atoms with van der Waals surface area (Å²) < 4.78 is 45.9. The van der Waals surface area contributed by atoms with Crippen LogP contribution in [0.4, 0.5) is 0 Å². The number of rotatable bonds is 12. The molecule has 0 saturated carbocycles. The molecule has 9 heteroatoms. The molecule has 0 amide bonds. The molecule has 1 atom stereocenters. The molecule has 0 aliphatic heterocycles. The van der Waals surface area contributed by atoms with Crippen molar-refractivity contribution in [1.82, 2.24) is 4.31 Å². The Kier molecular flexibility index (Phi) is 9.15. The second-order valence-electron chi connectivity index (χ2n) is 5.33. The fourth-order valence-corrected chi connectivity index (χ4v) is 3.10. The van der Waals surface area contributed by atoms with Crippen molar-refractivity contribution in [3.8, 4) is 11.5 Å². The molecule has 1 N–H and O–H groups in total. The van der Waals surface area contributed by atoms with E-state index in [9.17, 15) is 13.5 Å². The molecule has 0 radical (unpaired) electrons. The van der Waals surface area contributed by atoms with Crippen LogP contribution in [0, 0.1) is 0 Å². The van der Waals surface area contributed by atoms with Crippen LogP contribution in [0.15, 0.2) is 18.2 Å². The topological polar surface area (TPSA) is 94.5 Å². The smallest absolute Gasteiger partial charge is 0.216 e. The number of hydrogen-bond donors (Lipinski definition) is 1. The highest BCUT2D eigenvalue weighted by molar-refractivity contribution is 7.89. The molecule has 1 aromatic rings. The van der Waals surface area contributed by atoms with Crippen LogP contribution < -0.4 is 9.47 Å². The van der Waals surface area contributed by atoms with Gasteiger partial charge in [-0.1, -0.05) is 6.07 Å². The average Bonchev–Trinajstić information content (AvgIpc) is 2.60. The molecule has 0 aliphatic rings. The van der Waals surface area contributed by atoms with Crippen LogP contribution in [0.25, 0.3) is 0 Å². The first kappa shape index (κ1) is 21.7. The molecule has 25 heavy (non-hydrogen) atoms. The van der Waals surface area contributed by atoms with Gasteiger partial charge >= 0.3 is 0 Å². The van der Waals surface area contributed by atoms with Crippen LogP contribution in [0.5, 0.6) is 11.5 Å². The molecule has 0 spiro atoms. The molecule has 0 saturated heterocycles. The van der Waals surface area contributed by atoms with E-state index >= 15 is 0 Å². The van der Waals surface area contributed by atoms with Crippen LogP contribution in [0.3, 0.4) is 0 Å². The van der Waals surface area contributed by atoms with Gasteiger partial charge in [0.25, 0.3) is 0 Å². The fourth-order valence-electron chi connectivity index (χ4n) is 2.09. The summed E-state index contributed by atoms with van der Waals surface area (Å²) >= 11 is 0. The number of ether oxygens (including phenoxy) is 4. The Bertz CT molecular complexity index is 621. The first-order valence-corrected chi connectivity index (χ1v) is 9.37. The summed E-state index contributed by atoms with van der Waals surface area (Å²) in [7, 11) is 2.45. The van der Waals surface area contributed by atoms with E-state index < -0.39 is 16.1 Å². The Morgan fingerprint density at radius 1 is 1.08 bits per heavy atom. The highest BCUT2D eigenvalue weighted by atomic mass is 32.2. The molecule has 144 valence electrons. The molecule has 0 heterocycles. The summed E-state index contributed by atoms with van der Waals surface area (Å²) in [5.74, 6) is 0.843. The summed E-state index contributed by atoms with van der Waals surface area (Å²) in [6.45, 7) is 0.746. The quantitative estimate of drug-likeness (QED) is 0.535. The number of nitrogens with zero attached hydrogens (tertiary/aromatic N) is 1. The summed E-state index contributed by atoms with van der Waals surface area (Å²) in [6, 6.07) is 4.95. The van der Waals surface area contributed by atoms with Crippen molar-refractivity contribution in [3.63, 3.8) is 0 Å². The van der Waals surface area contributed by atoms with Crippen LogP contribution >= 0.6 is 0 Å². The number of methoxy groups -OCH3 is 3. The number of hydrogen-bond acceptors (Lipinski definition) is 7. The van der Waals surface area contributed by atoms with Crippen molar-refractivity contribution in [2.45, 2.75) is 6.10 Å². The van der Waals surface area contributed by atoms with Gasteiger partial charge < -0.3 is 24.1 Å². The number of likely N-dealkylation sites (N-methyl/N-ethyl adjacent to an activating group) is 1. The standard InChI is InChI=1S/C16H27NO7S/c1-17(25(19,20)10-9-24-8-7-21-2)12-14(18)13-5-6-15(22-3)16(11-13)23-4/h5-6,11,14,18H,7-10,12H2,1-4H3. The van der Waals surface area contributed by atoms with Crippen LogP contribution in [-0.2, 0) is 19.5 Å². The van der Waals surface area contributed by atoms with Crippen LogP contribution in [0.2, 0.25) is 0 Å². The molecular weight excluding hydrogens is 350 g/mol. The Morgan fingerprint density at radius 2 is 1.76 bits per heavy atom. The van der Waals surface area contributed by atoms with Gasteiger partial charge in [-0.25, -0.2) is 12.7 Å². The third kappa shape index (κ3) is 6.79. The number of sulfonamides is 1. The van der Waals surface area contributed by atoms with E-state index in [0.29, 0.717) is 30.3 Å². The normalized spacial score (nSPS) is 13.0. The van der Waals surface area contributed by atoms with Crippen molar-refractivity contribution < 1.29 is 32.5 Å². The summed E-state index contributed by atoms with van der Waals surface area (Å²) in [5, 5.41) is 10.3. The van der Waals surface area contributed by atoms with Gasteiger partial charge in [-0.2, -0.15) is 0 Å². The molecule has 0 aliphatic carbocycles. The maximum Gasteiger partial charge on any atom is 0.216 e. The predicted octanol–water partition coefficient (Wildman–Crippen LogP) is 0.662. The molecule has 1 aromatic carbocycles. The Labute approximate surface area is 149 Å². The molecule has 1 unspecified atom stereocenters.